The van der Waals surface area contributed by atoms with Gasteiger partial charge < -0.3 is 4.74 Å². The van der Waals surface area contributed by atoms with Crippen molar-refractivity contribution in [1.29, 1.82) is 0 Å². The molecular formula is C17H11NO2. The fraction of sp³-hybridized carbons (Fsp3) is 0.0588. The van der Waals surface area contributed by atoms with Crippen LogP contribution in [0.15, 0.2) is 54.7 Å². The van der Waals surface area contributed by atoms with Crippen LogP contribution in [-0.2, 0) is 11.3 Å². The second-order valence-electron chi connectivity index (χ2n) is 4.79. The van der Waals surface area contributed by atoms with Crippen LogP contribution in [0.25, 0.3) is 22.0 Å². The molecule has 0 spiro atoms. The maximum Gasteiger partial charge on any atom is 0.338 e. The van der Waals surface area contributed by atoms with Gasteiger partial charge in [0.25, 0.3) is 0 Å². The van der Waals surface area contributed by atoms with Crippen LogP contribution >= 0.6 is 0 Å². The number of pyridine rings is 1. The molecule has 2 aromatic carbocycles. The topological polar surface area (TPSA) is 39.2 Å². The smallest absolute Gasteiger partial charge is 0.338 e. The molecule has 0 atom stereocenters. The van der Waals surface area contributed by atoms with E-state index in [1.807, 2.05) is 42.5 Å². The molecule has 0 N–H and O–H groups in total. The standard InChI is InChI=1S/C17H11NO2/c19-17-13-9-11-5-1-2-6-12(11)16(14(13)10-20-17)15-7-3-4-8-18-15/h1-9H,10H2. The molecule has 96 valence electrons. The van der Waals surface area contributed by atoms with E-state index in [1.165, 1.54) is 0 Å². The van der Waals surface area contributed by atoms with E-state index >= 15 is 0 Å². The van der Waals surface area contributed by atoms with Crippen molar-refractivity contribution in [2.75, 3.05) is 0 Å². The first-order chi connectivity index (χ1) is 9.84. The summed E-state index contributed by atoms with van der Waals surface area (Å²) in [5.74, 6) is -0.247. The van der Waals surface area contributed by atoms with Gasteiger partial charge in [-0.3, -0.25) is 4.98 Å². The minimum Gasteiger partial charge on any atom is -0.457 e. The van der Waals surface area contributed by atoms with E-state index < -0.39 is 0 Å². The molecule has 3 aromatic rings. The molecule has 2 heterocycles. The third-order valence-corrected chi connectivity index (χ3v) is 3.65. The summed E-state index contributed by atoms with van der Waals surface area (Å²) in [5, 5.41) is 2.13. The Morgan fingerprint density at radius 3 is 2.75 bits per heavy atom. The number of carbonyl (C=O) groups is 1. The molecular weight excluding hydrogens is 250 g/mol. The zero-order valence-corrected chi connectivity index (χ0v) is 10.7. The molecule has 1 aliphatic rings. The van der Waals surface area contributed by atoms with E-state index in [0.717, 1.165) is 27.6 Å². The Labute approximate surface area is 115 Å². The average Bonchev–Trinajstić information content (AvgIpc) is 2.87. The molecule has 3 nitrogen and oxygen atoms in total. The molecule has 4 rings (SSSR count). The Balaban J connectivity index is 2.15. The number of carbonyl (C=O) groups excluding carboxylic acids is 1. The van der Waals surface area contributed by atoms with Gasteiger partial charge in [0.05, 0.1) is 11.3 Å². The lowest BCUT2D eigenvalue weighted by atomic mass is 9.93. The van der Waals surface area contributed by atoms with Gasteiger partial charge in [-0.05, 0) is 29.0 Å². The normalized spacial score (nSPS) is 13.3. The van der Waals surface area contributed by atoms with Crippen LogP contribution in [0.1, 0.15) is 15.9 Å². The van der Waals surface area contributed by atoms with Crippen molar-refractivity contribution in [2.45, 2.75) is 6.61 Å². The van der Waals surface area contributed by atoms with Crippen LogP contribution in [0.2, 0.25) is 0 Å². The average molecular weight is 261 g/mol. The van der Waals surface area contributed by atoms with Gasteiger partial charge in [0.1, 0.15) is 6.61 Å². The summed E-state index contributed by atoms with van der Waals surface area (Å²) >= 11 is 0. The number of ether oxygens (including phenoxy) is 1. The van der Waals surface area contributed by atoms with Crippen LogP contribution in [-0.4, -0.2) is 11.0 Å². The number of hydrogen-bond donors (Lipinski definition) is 0. The van der Waals surface area contributed by atoms with Gasteiger partial charge in [-0.25, -0.2) is 4.79 Å². The predicted molar refractivity (Wildman–Crippen MR) is 76.3 cm³/mol. The molecule has 0 saturated heterocycles. The molecule has 0 aliphatic carbocycles. The van der Waals surface area contributed by atoms with Crippen molar-refractivity contribution in [1.82, 2.24) is 4.98 Å². The Hall–Kier alpha value is -2.68. The third kappa shape index (κ3) is 1.53. The summed E-state index contributed by atoms with van der Waals surface area (Å²) in [6, 6.07) is 15.7. The Kier molecular flexibility index (Phi) is 2.33. The lowest BCUT2D eigenvalue weighted by Gasteiger charge is -2.10. The second kappa shape index (κ2) is 4.17. The van der Waals surface area contributed by atoms with E-state index in [4.69, 9.17) is 4.74 Å². The van der Waals surface area contributed by atoms with E-state index in [9.17, 15) is 4.79 Å². The number of hydrogen-bond acceptors (Lipinski definition) is 3. The fourth-order valence-electron chi connectivity index (χ4n) is 2.74. The first-order valence-electron chi connectivity index (χ1n) is 6.48. The molecule has 0 radical (unpaired) electrons. The first-order valence-corrected chi connectivity index (χ1v) is 6.48. The fourth-order valence-corrected chi connectivity index (χ4v) is 2.74. The summed E-state index contributed by atoms with van der Waals surface area (Å²) < 4.78 is 5.19. The Morgan fingerprint density at radius 1 is 1.05 bits per heavy atom. The predicted octanol–water partition coefficient (Wildman–Crippen LogP) is 3.57. The van der Waals surface area contributed by atoms with Crippen molar-refractivity contribution in [3.63, 3.8) is 0 Å². The van der Waals surface area contributed by atoms with Gasteiger partial charge in [0.2, 0.25) is 0 Å². The highest BCUT2D eigenvalue weighted by Crippen LogP contribution is 2.36. The van der Waals surface area contributed by atoms with Crippen molar-refractivity contribution in [3.05, 3.63) is 65.9 Å². The zero-order chi connectivity index (χ0) is 13.5. The molecule has 0 saturated carbocycles. The SMILES string of the molecule is O=C1OCc2c1cc1ccccc1c2-c1ccccn1. The summed E-state index contributed by atoms with van der Waals surface area (Å²) in [7, 11) is 0. The van der Waals surface area contributed by atoms with Crippen molar-refractivity contribution in [2.24, 2.45) is 0 Å². The molecule has 0 unspecified atom stereocenters. The van der Waals surface area contributed by atoms with E-state index in [0.29, 0.717) is 12.2 Å². The van der Waals surface area contributed by atoms with E-state index in [1.54, 1.807) is 6.20 Å². The summed E-state index contributed by atoms with van der Waals surface area (Å²) in [5.41, 5.74) is 3.47. The summed E-state index contributed by atoms with van der Waals surface area (Å²) in [6.45, 7) is 0.324. The molecule has 0 amide bonds. The monoisotopic (exact) mass is 261 g/mol. The number of esters is 1. The van der Waals surface area contributed by atoms with Crippen LogP contribution in [0, 0.1) is 0 Å². The summed E-state index contributed by atoms with van der Waals surface area (Å²) in [4.78, 5) is 16.3. The lowest BCUT2D eigenvalue weighted by Crippen LogP contribution is -1.96. The number of benzene rings is 2. The number of fused-ring (bicyclic) bond motifs is 2. The quantitative estimate of drug-likeness (QED) is 0.628. The minimum absolute atomic E-state index is 0.247. The highest BCUT2D eigenvalue weighted by Gasteiger charge is 2.26. The summed E-state index contributed by atoms with van der Waals surface area (Å²) in [6.07, 6.45) is 1.77. The molecule has 0 fully saturated rings. The van der Waals surface area contributed by atoms with Gasteiger partial charge in [0.15, 0.2) is 0 Å². The molecule has 0 bridgehead atoms. The van der Waals surface area contributed by atoms with Crippen LogP contribution < -0.4 is 0 Å². The van der Waals surface area contributed by atoms with Crippen LogP contribution in [0.5, 0.6) is 0 Å². The highest BCUT2D eigenvalue weighted by molar-refractivity contribution is 6.06. The molecule has 3 heteroatoms. The van der Waals surface area contributed by atoms with E-state index in [-0.39, 0.29) is 5.97 Å². The molecule has 20 heavy (non-hydrogen) atoms. The maximum atomic E-state index is 11.9. The number of cyclic esters (lactones) is 1. The number of aromatic nitrogens is 1. The number of nitrogens with zero attached hydrogens (tertiary/aromatic N) is 1. The van der Waals surface area contributed by atoms with Gasteiger partial charge in [0, 0.05) is 17.3 Å². The van der Waals surface area contributed by atoms with Gasteiger partial charge in [-0.15, -0.1) is 0 Å². The van der Waals surface area contributed by atoms with Crippen LogP contribution in [0.3, 0.4) is 0 Å². The van der Waals surface area contributed by atoms with Gasteiger partial charge in [-0.1, -0.05) is 30.3 Å². The second-order valence-corrected chi connectivity index (χ2v) is 4.79. The molecule has 1 aromatic heterocycles. The molecule has 1 aliphatic heterocycles. The largest absolute Gasteiger partial charge is 0.457 e. The first kappa shape index (κ1) is 11.2. The van der Waals surface area contributed by atoms with Crippen molar-refractivity contribution in [3.8, 4) is 11.3 Å². The van der Waals surface area contributed by atoms with Crippen molar-refractivity contribution < 1.29 is 9.53 Å². The maximum absolute atomic E-state index is 11.9. The zero-order valence-electron chi connectivity index (χ0n) is 10.7. The van der Waals surface area contributed by atoms with Gasteiger partial charge in [-0.2, -0.15) is 0 Å². The van der Waals surface area contributed by atoms with Crippen molar-refractivity contribution >= 4 is 16.7 Å². The highest BCUT2D eigenvalue weighted by atomic mass is 16.5. The number of rotatable bonds is 1. The van der Waals surface area contributed by atoms with Crippen LogP contribution in [0.4, 0.5) is 0 Å². The third-order valence-electron chi connectivity index (χ3n) is 3.65. The Morgan fingerprint density at radius 2 is 1.90 bits per heavy atom. The van der Waals surface area contributed by atoms with Gasteiger partial charge >= 0.3 is 5.97 Å². The van der Waals surface area contributed by atoms with E-state index in [2.05, 4.69) is 11.1 Å². The lowest BCUT2D eigenvalue weighted by molar-refractivity contribution is 0.0535. The minimum atomic E-state index is -0.247. The Bertz CT molecular complexity index is 825.